The van der Waals surface area contributed by atoms with Crippen LogP contribution in [0.4, 0.5) is 5.69 Å². The van der Waals surface area contributed by atoms with Crippen molar-refractivity contribution < 1.29 is 0 Å². The number of para-hydroxylation sites is 1. The maximum Gasteiger partial charge on any atom is 0.148 e. The van der Waals surface area contributed by atoms with Crippen LogP contribution in [0.3, 0.4) is 0 Å². The Morgan fingerprint density at radius 2 is 1.67 bits per heavy atom. The highest BCUT2D eigenvalue weighted by Gasteiger charge is 2.15. The minimum atomic E-state index is 1.04. The van der Waals surface area contributed by atoms with E-state index in [0.717, 1.165) is 26.2 Å². The van der Waals surface area contributed by atoms with E-state index in [2.05, 4.69) is 40.0 Å². The van der Waals surface area contributed by atoms with Crippen molar-refractivity contribution >= 4 is 27.8 Å². The third-order valence-electron chi connectivity index (χ3n) is 2.73. The number of anilines is 1. The lowest BCUT2D eigenvalue weighted by molar-refractivity contribution is 0.412. The minimum absolute atomic E-state index is 1.04. The molecular weight excluding hydrogens is 181 g/mol. The molecule has 1 heterocycles. The zero-order chi connectivity index (χ0) is 10.5. The molecule has 72 valence electrons. The van der Waals surface area contributed by atoms with Crippen molar-refractivity contribution in [3.05, 3.63) is 30.3 Å². The molecule has 1 aliphatic rings. The van der Waals surface area contributed by atoms with E-state index in [4.69, 9.17) is 7.74 Å². The lowest BCUT2D eigenvalue weighted by Crippen LogP contribution is -2.49. The van der Waals surface area contributed by atoms with Crippen LogP contribution >= 0.6 is 0 Å². The van der Waals surface area contributed by atoms with Crippen LogP contribution in [0.15, 0.2) is 30.3 Å². The van der Waals surface area contributed by atoms with E-state index in [-0.39, 0.29) is 0 Å². The Hall–Kier alpha value is -0.825. The van der Waals surface area contributed by atoms with Gasteiger partial charge in [-0.25, -0.2) is 0 Å². The van der Waals surface area contributed by atoms with E-state index >= 15 is 0 Å². The summed E-state index contributed by atoms with van der Waals surface area (Å²) in [6.07, 6.45) is 0. The number of benzene rings is 1. The summed E-state index contributed by atoms with van der Waals surface area (Å²) in [5.74, 6) is 0. The van der Waals surface area contributed by atoms with Gasteiger partial charge in [-0.05, 0) is 12.1 Å². The predicted molar refractivity (Wildman–Crippen MR) is 67.5 cm³/mol. The molecular formula is C10H13B3N2. The average molecular weight is 194 g/mol. The zero-order valence-corrected chi connectivity index (χ0v) is 8.84. The maximum absolute atomic E-state index is 5.37. The average Bonchev–Trinajstić information content (AvgIpc) is 2.32. The molecule has 0 aliphatic carbocycles. The first kappa shape index (κ1) is 10.7. The van der Waals surface area contributed by atoms with Gasteiger partial charge >= 0.3 is 0 Å². The molecule has 0 spiro atoms. The minimum Gasteiger partial charge on any atom is -0.369 e. The highest BCUT2D eigenvalue weighted by molar-refractivity contribution is 7.22. The number of piperazine rings is 1. The Kier molecular flexibility index (Phi) is 3.78. The molecule has 0 bridgehead atoms. The molecule has 2 rings (SSSR count). The van der Waals surface area contributed by atoms with Gasteiger partial charge in [0.2, 0.25) is 0 Å². The summed E-state index contributed by atoms with van der Waals surface area (Å²) in [4.78, 5) is 4.65. The molecule has 0 aromatic heterocycles. The lowest BCUT2D eigenvalue weighted by Gasteiger charge is -2.36. The molecule has 1 aromatic carbocycles. The van der Waals surface area contributed by atoms with Crippen molar-refractivity contribution in [3.8, 4) is 0 Å². The van der Waals surface area contributed by atoms with E-state index in [9.17, 15) is 0 Å². The topological polar surface area (TPSA) is 6.48 Å². The first-order valence-corrected chi connectivity index (χ1v) is 5.32. The highest BCUT2D eigenvalue weighted by Crippen LogP contribution is 2.14. The van der Waals surface area contributed by atoms with Crippen molar-refractivity contribution in [3.63, 3.8) is 0 Å². The third-order valence-corrected chi connectivity index (χ3v) is 2.73. The SMILES string of the molecule is [B][B][B]N1CCN(c2ccccc2)CC1. The first-order chi connectivity index (χ1) is 7.40. The molecule has 1 aromatic rings. The summed E-state index contributed by atoms with van der Waals surface area (Å²) in [6.45, 7) is 4.22. The van der Waals surface area contributed by atoms with Gasteiger partial charge in [-0.3, -0.25) is 0 Å². The van der Waals surface area contributed by atoms with Crippen LogP contribution in [0.1, 0.15) is 0 Å². The van der Waals surface area contributed by atoms with E-state index in [1.54, 1.807) is 7.06 Å². The summed E-state index contributed by atoms with van der Waals surface area (Å²) >= 11 is 0. The molecule has 1 fully saturated rings. The van der Waals surface area contributed by atoms with Gasteiger partial charge in [0.05, 0.1) is 0 Å². The second kappa shape index (κ2) is 5.31. The van der Waals surface area contributed by atoms with Crippen LogP contribution < -0.4 is 4.90 Å². The predicted octanol–water partition coefficient (Wildman–Crippen LogP) is 0.130. The molecule has 0 N–H and O–H groups in total. The largest absolute Gasteiger partial charge is 0.369 e. The number of nitrogens with zero attached hydrogens (tertiary/aromatic N) is 2. The summed E-state index contributed by atoms with van der Waals surface area (Å²) < 4.78 is 0. The fourth-order valence-electron chi connectivity index (χ4n) is 1.89. The van der Waals surface area contributed by atoms with Gasteiger partial charge in [-0.1, -0.05) is 18.2 Å². The van der Waals surface area contributed by atoms with Crippen molar-refractivity contribution in [2.24, 2.45) is 0 Å². The normalized spacial score (nSPS) is 17.5. The summed E-state index contributed by atoms with van der Waals surface area (Å²) in [7, 11) is 8.94. The van der Waals surface area contributed by atoms with E-state index in [0.29, 0.717) is 0 Å². The zero-order valence-electron chi connectivity index (χ0n) is 8.84. The van der Waals surface area contributed by atoms with Crippen molar-refractivity contribution in [1.82, 2.24) is 4.81 Å². The van der Waals surface area contributed by atoms with Crippen LogP contribution in [0.2, 0.25) is 0 Å². The monoisotopic (exact) mass is 194 g/mol. The molecule has 0 unspecified atom stereocenters. The van der Waals surface area contributed by atoms with Gasteiger partial charge in [0.25, 0.3) is 0 Å². The molecule has 1 saturated heterocycles. The molecule has 0 atom stereocenters. The van der Waals surface area contributed by atoms with Gasteiger partial charge in [0.15, 0.2) is 0 Å². The standard InChI is InChI=1S/C10H13B3N2/c11-12-13-15-8-6-14(7-9-15)10-4-2-1-3-5-10/h1-5H,6-9H2. The molecule has 0 amide bonds. The Bertz CT molecular complexity index is 286. The fourth-order valence-corrected chi connectivity index (χ4v) is 1.89. The van der Waals surface area contributed by atoms with E-state index < -0.39 is 0 Å². The van der Waals surface area contributed by atoms with E-state index in [1.807, 2.05) is 7.31 Å². The van der Waals surface area contributed by atoms with Crippen LogP contribution in [-0.2, 0) is 0 Å². The number of hydrogen-bond donors (Lipinski definition) is 0. The summed E-state index contributed by atoms with van der Waals surface area (Å²) in [5, 5.41) is 0. The van der Waals surface area contributed by atoms with E-state index in [1.165, 1.54) is 5.69 Å². The van der Waals surface area contributed by atoms with Gasteiger partial charge in [-0.15, -0.1) is 0 Å². The van der Waals surface area contributed by atoms with Crippen LogP contribution in [-0.4, -0.2) is 53.1 Å². The van der Waals surface area contributed by atoms with Crippen molar-refractivity contribution in [1.29, 1.82) is 0 Å². The number of rotatable bonds is 3. The summed E-state index contributed by atoms with van der Waals surface area (Å²) in [6, 6.07) is 10.5. The van der Waals surface area contributed by atoms with Gasteiger partial charge in [0, 0.05) is 46.7 Å². The Labute approximate surface area is 94.5 Å². The molecule has 1 aliphatic heterocycles. The Balaban J connectivity index is 1.88. The van der Waals surface area contributed by atoms with Crippen LogP contribution in [0.5, 0.6) is 0 Å². The fraction of sp³-hybridized carbons (Fsp3) is 0.400. The Morgan fingerprint density at radius 3 is 2.27 bits per heavy atom. The maximum atomic E-state index is 5.37. The molecule has 4 radical (unpaired) electrons. The Morgan fingerprint density at radius 1 is 1.00 bits per heavy atom. The summed E-state index contributed by atoms with van der Waals surface area (Å²) in [5.41, 5.74) is 1.31. The second-order valence-corrected chi connectivity index (χ2v) is 3.70. The van der Waals surface area contributed by atoms with Gasteiger partial charge in [0.1, 0.15) is 7.31 Å². The lowest BCUT2D eigenvalue weighted by atomic mass is 9.32. The number of hydrogen-bond acceptors (Lipinski definition) is 2. The van der Waals surface area contributed by atoms with Gasteiger partial charge < -0.3 is 9.71 Å². The smallest absolute Gasteiger partial charge is 0.148 e. The molecule has 0 saturated carbocycles. The molecule has 15 heavy (non-hydrogen) atoms. The first-order valence-electron chi connectivity index (χ1n) is 5.32. The molecule has 5 heteroatoms. The van der Waals surface area contributed by atoms with Crippen molar-refractivity contribution in [2.75, 3.05) is 31.1 Å². The molecule has 2 nitrogen and oxygen atoms in total. The highest BCUT2D eigenvalue weighted by atomic mass is 15.2. The van der Waals surface area contributed by atoms with Crippen LogP contribution in [0.25, 0.3) is 0 Å². The van der Waals surface area contributed by atoms with Crippen molar-refractivity contribution in [2.45, 2.75) is 0 Å². The van der Waals surface area contributed by atoms with Crippen LogP contribution in [0, 0.1) is 0 Å². The van der Waals surface area contributed by atoms with Gasteiger partial charge in [-0.2, -0.15) is 0 Å². The quantitative estimate of drug-likeness (QED) is 0.630. The second-order valence-electron chi connectivity index (χ2n) is 3.70. The third kappa shape index (κ3) is 2.82.